The average molecular weight is 335 g/mol. The van der Waals surface area contributed by atoms with Gasteiger partial charge in [-0.2, -0.15) is 0 Å². The van der Waals surface area contributed by atoms with E-state index in [0.29, 0.717) is 11.3 Å². The second kappa shape index (κ2) is 7.24. The molecule has 23 heavy (non-hydrogen) atoms. The van der Waals surface area contributed by atoms with Crippen molar-refractivity contribution in [2.75, 3.05) is 11.9 Å². The molecular formula is C17H16ClFN2O2. The molecule has 0 bridgehead atoms. The Hall–Kier alpha value is -2.40. The second-order valence-electron chi connectivity index (χ2n) is 5.24. The summed E-state index contributed by atoms with van der Waals surface area (Å²) in [7, 11) is 0. The Morgan fingerprint density at radius 3 is 2.35 bits per heavy atom. The molecule has 0 aromatic heterocycles. The highest BCUT2D eigenvalue weighted by atomic mass is 35.5. The van der Waals surface area contributed by atoms with Gasteiger partial charge in [-0.05, 0) is 44.2 Å². The van der Waals surface area contributed by atoms with Crippen molar-refractivity contribution in [2.24, 2.45) is 0 Å². The minimum absolute atomic E-state index is 0.0814. The molecule has 0 aliphatic heterocycles. The van der Waals surface area contributed by atoms with Crippen LogP contribution in [0.25, 0.3) is 0 Å². The van der Waals surface area contributed by atoms with E-state index in [4.69, 9.17) is 11.6 Å². The third-order valence-electron chi connectivity index (χ3n) is 3.10. The molecule has 2 aromatic rings. The topological polar surface area (TPSA) is 58.2 Å². The number of hydrogen-bond acceptors (Lipinski definition) is 2. The quantitative estimate of drug-likeness (QED) is 0.899. The van der Waals surface area contributed by atoms with Crippen molar-refractivity contribution >= 4 is 29.1 Å². The van der Waals surface area contributed by atoms with Crippen LogP contribution in [-0.2, 0) is 4.79 Å². The zero-order valence-electron chi connectivity index (χ0n) is 12.7. The van der Waals surface area contributed by atoms with E-state index in [0.717, 1.165) is 17.2 Å². The van der Waals surface area contributed by atoms with Crippen LogP contribution >= 0.6 is 11.6 Å². The van der Waals surface area contributed by atoms with Crippen LogP contribution in [0.1, 0.15) is 21.5 Å². The number of anilines is 1. The van der Waals surface area contributed by atoms with Crippen LogP contribution in [0, 0.1) is 19.7 Å². The Bertz CT molecular complexity index is 742. The molecule has 0 heterocycles. The van der Waals surface area contributed by atoms with Crippen LogP contribution < -0.4 is 10.6 Å². The average Bonchev–Trinajstić information content (AvgIpc) is 2.47. The first-order valence-corrected chi connectivity index (χ1v) is 7.34. The van der Waals surface area contributed by atoms with E-state index in [1.165, 1.54) is 12.1 Å². The summed E-state index contributed by atoms with van der Waals surface area (Å²) in [6.07, 6.45) is 0. The van der Waals surface area contributed by atoms with Crippen LogP contribution in [0.4, 0.5) is 10.1 Å². The lowest BCUT2D eigenvalue weighted by Crippen LogP contribution is -2.32. The van der Waals surface area contributed by atoms with Crippen molar-refractivity contribution < 1.29 is 14.0 Å². The Labute approximate surface area is 138 Å². The fourth-order valence-corrected chi connectivity index (χ4v) is 2.33. The van der Waals surface area contributed by atoms with Gasteiger partial charge >= 0.3 is 0 Å². The molecule has 0 saturated heterocycles. The lowest BCUT2D eigenvalue weighted by molar-refractivity contribution is -0.115. The largest absolute Gasteiger partial charge is 0.343 e. The molecule has 0 spiro atoms. The minimum Gasteiger partial charge on any atom is -0.343 e. The van der Waals surface area contributed by atoms with E-state index >= 15 is 0 Å². The maximum atomic E-state index is 13.0. The Morgan fingerprint density at radius 2 is 1.74 bits per heavy atom. The molecule has 0 unspecified atom stereocenters. The summed E-state index contributed by atoms with van der Waals surface area (Å²) in [6.45, 7) is 3.60. The molecule has 2 aromatic carbocycles. The van der Waals surface area contributed by atoms with E-state index < -0.39 is 11.7 Å². The van der Waals surface area contributed by atoms with E-state index in [1.807, 2.05) is 19.9 Å². The summed E-state index contributed by atoms with van der Waals surface area (Å²) >= 11 is 5.64. The van der Waals surface area contributed by atoms with Crippen molar-refractivity contribution in [1.82, 2.24) is 5.32 Å². The van der Waals surface area contributed by atoms with Gasteiger partial charge in [-0.1, -0.05) is 28.8 Å². The predicted molar refractivity (Wildman–Crippen MR) is 88.3 cm³/mol. The summed E-state index contributed by atoms with van der Waals surface area (Å²) in [6, 6.07) is 9.32. The van der Waals surface area contributed by atoms with Crippen molar-refractivity contribution in [2.45, 2.75) is 13.8 Å². The zero-order valence-corrected chi connectivity index (χ0v) is 13.5. The fourth-order valence-electron chi connectivity index (χ4n) is 2.15. The van der Waals surface area contributed by atoms with Gasteiger partial charge < -0.3 is 10.6 Å². The van der Waals surface area contributed by atoms with Gasteiger partial charge in [0.15, 0.2) is 0 Å². The van der Waals surface area contributed by atoms with Gasteiger partial charge in [0.2, 0.25) is 5.91 Å². The van der Waals surface area contributed by atoms with Crippen LogP contribution in [0.2, 0.25) is 5.02 Å². The van der Waals surface area contributed by atoms with Gasteiger partial charge in [-0.3, -0.25) is 9.59 Å². The highest BCUT2D eigenvalue weighted by molar-refractivity contribution is 6.31. The predicted octanol–water partition coefficient (Wildman–Crippen LogP) is 3.46. The molecule has 0 aliphatic rings. The van der Waals surface area contributed by atoms with Crippen molar-refractivity contribution in [3.05, 3.63) is 63.9 Å². The smallest absolute Gasteiger partial charge is 0.251 e. The maximum absolute atomic E-state index is 13.0. The second-order valence-corrected chi connectivity index (χ2v) is 5.64. The van der Waals surface area contributed by atoms with Crippen LogP contribution in [-0.4, -0.2) is 18.4 Å². The monoisotopic (exact) mass is 334 g/mol. The number of carbonyl (C=O) groups is 2. The van der Waals surface area contributed by atoms with Gasteiger partial charge in [-0.15, -0.1) is 0 Å². The molecule has 4 nitrogen and oxygen atoms in total. The molecule has 0 fully saturated rings. The number of nitrogens with one attached hydrogen (secondary N) is 2. The van der Waals surface area contributed by atoms with Gasteiger partial charge in [0.05, 0.1) is 11.6 Å². The lowest BCUT2D eigenvalue weighted by Gasteiger charge is -2.08. The van der Waals surface area contributed by atoms with Gasteiger partial charge in [0, 0.05) is 11.3 Å². The molecule has 2 amide bonds. The molecule has 120 valence electrons. The minimum atomic E-state index is -0.562. The highest BCUT2D eigenvalue weighted by Crippen LogP contribution is 2.19. The molecule has 6 heteroatoms. The van der Waals surface area contributed by atoms with Crippen LogP contribution in [0.3, 0.4) is 0 Å². The molecular weight excluding hydrogens is 319 g/mol. The standard InChI is InChI=1S/C17H16ClFN2O2/c1-10-5-11(2)7-12(6-10)17(23)20-9-16(22)21-13-3-4-15(19)14(18)8-13/h3-8H,9H2,1-2H3,(H,20,23)(H,21,22). The Morgan fingerprint density at radius 1 is 1.09 bits per heavy atom. The summed E-state index contributed by atoms with van der Waals surface area (Å²) in [4.78, 5) is 23.9. The molecule has 0 saturated carbocycles. The number of carbonyl (C=O) groups excluding carboxylic acids is 2. The van der Waals surface area contributed by atoms with Crippen LogP contribution in [0.5, 0.6) is 0 Å². The summed E-state index contributed by atoms with van der Waals surface area (Å²) in [5.74, 6) is -1.32. The van der Waals surface area contributed by atoms with Crippen LogP contribution in [0.15, 0.2) is 36.4 Å². The summed E-state index contributed by atoms with van der Waals surface area (Å²) < 4.78 is 13.0. The van der Waals surface area contributed by atoms with Crippen molar-refractivity contribution in [1.29, 1.82) is 0 Å². The first-order chi connectivity index (χ1) is 10.8. The normalized spacial score (nSPS) is 10.3. The number of aryl methyl sites for hydroxylation is 2. The van der Waals surface area contributed by atoms with Gasteiger partial charge in [0.1, 0.15) is 5.82 Å². The van der Waals surface area contributed by atoms with Crippen molar-refractivity contribution in [3.8, 4) is 0 Å². The first-order valence-electron chi connectivity index (χ1n) is 6.96. The third-order valence-corrected chi connectivity index (χ3v) is 3.39. The van der Waals surface area contributed by atoms with Crippen molar-refractivity contribution in [3.63, 3.8) is 0 Å². The molecule has 0 atom stereocenters. The fraction of sp³-hybridized carbons (Fsp3) is 0.176. The number of halogens is 2. The molecule has 0 radical (unpaired) electrons. The maximum Gasteiger partial charge on any atom is 0.251 e. The van der Waals surface area contributed by atoms with E-state index in [9.17, 15) is 14.0 Å². The van der Waals surface area contributed by atoms with Gasteiger partial charge in [0.25, 0.3) is 5.91 Å². The Balaban J connectivity index is 1.93. The SMILES string of the molecule is Cc1cc(C)cc(C(=O)NCC(=O)Nc2ccc(F)c(Cl)c2)c1. The van der Waals surface area contributed by atoms with Gasteiger partial charge in [-0.25, -0.2) is 4.39 Å². The molecule has 0 aliphatic carbocycles. The van der Waals surface area contributed by atoms with E-state index in [-0.39, 0.29) is 17.5 Å². The van der Waals surface area contributed by atoms with E-state index in [1.54, 1.807) is 12.1 Å². The number of hydrogen-bond donors (Lipinski definition) is 2. The Kier molecular flexibility index (Phi) is 5.34. The molecule has 2 rings (SSSR count). The molecule has 2 N–H and O–H groups in total. The first kappa shape index (κ1) is 17.0. The number of amides is 2. The summed E-state index contributed by atoms with van der Waals surface area (Å²) in [5.41, 5.74) is 2.81. The van der Waals surface area contributed by atoms with E-state index in [2.05, 4.69) is 10.6 Å². The number of rotatable bonds is 4. The summed E-state index contributed by atoms with van der Waals surface area (Å²) in [5, 5.41) is 4.99. The number of benzene rings is 2. The zero-order chi connectivity index (χ0) is 17.0. The lowest BCUT2D eigenvalue weighted by atomic mass is 10.1. The highest BCUT2D eigenvalue weighted by Gasteiger charge is 2.10. The third kappa shape index (κ3) is 4.79.